The van der Waals surface area contributed by atoms with Crippen molar-refractivity contribution in [1.29, 1.82) is 0 Å². The van der Waals surface area contributed by atoms with Crippen LogP contribution in [-0.4, -0.2) is 53.4 Å². The SMILES string of the molecule is CNc1ccnc(N2CCN(c3cc(=O)[nH]nc3-c3ccccc3)CC2)n1. The summed E-state index contributed by atoms with van der Waals surface area (Å²) in [6.07, 6.45) is 1.76. The van der Waals surface area contributed by atoms with Gasteiger partial charge in [-0.3, -0.25) is 4.79 Å². The highest BCUT2D eigenvalue weighted by Crippen LogP contribution is 2.28. The second-order valence-electron chi connectivity index (χ2n) is 6.30. The van der Waals surface area contributed by atoms with E-state index in [1.54, 1.807) is 12.3 Å². The van der Waals surface area contributed by atoms with Crippen molar-refractivity contribution in [2.24, 2.45) is 0 Å². The van der Waals surface area contributed by atoms with Crippen LogP contribution in [0.4, 0.5) is 17.5 Å². The van der Waals surface area contributed by atoms with Gasteiger partial charge in [0.1, 0.15) is 11.5 Å². The monoisotopic (exact) mass is 363 g/mol. The van der Waals surface area contributed by atoms with E-state index >= 15 is 0 Å². The zero-order valence-corrected chi connectivity index (χ0v) is 15.1. The fourth-order valence-corrected chi connectivity index (χ4v) is 3.23. The number of piperazine rings is 1. The number of H-pyrrole nitrogens is 1. The first-order valence-corrected chi connectivity index (χ1v) is 8.90. The number of hydrogen-bond acceptors (Lipinski definition) is 7. The van der Waals surface area contributed by atoms with Crippen molar-refractivity contribution >= 4 is 17.5 Å². The van der Waals surface area contributed by atoms with Crippen LogP contribution in [0.5, 0.6) is 0 Å². The molecule has 3 heterocycles. The molecule has 0 amide bonds. The van der Waals surface area contributed by atoms with Crippen molar-refractivity contribution in [1.82, 2.24) is 20.2 Å². The van der Waals surface area contributed by atoms with Crippen LogP contribution in [0.3, 0.4) is 0 Å². The van der Waals surface area contributed by atoms with Crippen molar-refractivity contribution in [3.05, 3.63) is 59.0 Å². The van der Waals surface area contributed by atoms with E-state index in [1.807, 2.05) is 43.4 Å². The van der Waals surface area contributed by atoms with Crippen LogP contribution in [0, 0.1) is 0 Å². The molecule has 1 aliphatic heterocycles. The van der Waals surface area contributed by atoms with Crippen LogP contribution in [0.25, 0.3) is 11.3 Å². The van der Waals surface area contributed by atoms with Gasteiger partial charge in [-0.05, 0) is 6.07 Å². The molecule has 138 valence electrons. The minimum atomic E-state index is -0.197. The zero-order chi connectivity index (χ0) is 18.6. The molecular formula is C19H21N7O. The maximum Gasteiger partial charge on any atom is 0.266 e. The van der Waals surface area contributed by atoms with Crippen molar-refractivity contribution < 1.29 is 0 Å². The molecule has 1 fully saturated rings. The Labute approximate surface area is 156 Å². The Kier molecular flexibility index (Phi) is 4.69. The number of nitrogens with zero attached hydrogens (tertiary/aromatic N) is 5. The summed E-state index contributed by atoms with van der Waals surface area (Å²) in [5.74, 6) is 1.52. The minimum Gasteiger partial charge on any atom is -0.373 e. The third kappa shape index (κ3) is 3.59. The van der Waals surface area contributed by atoms with Crippen molar-refractivity contribution in [3.8, 4) is 11.3 Å². The lowest BCUT2D eigenvalue weighted by Gasteiger charge is -2.36. The van der Waals surface area contributed by atoms with Crippen LogP contribution >= 0.6 is 0 Å². The lowest BCUT2D eigenvalue weighted by atomic mass is 10.1. The van der Waals surface area contributed by atoms with E-state index in [0.29, 0.717) is 5.95 Å². The lowest BCUT2D eigenvalue weighted by Crippen LogP contribution is -2.47. The Morgan fingerprint density at radius 1 is 1.04 bits per heavy atom. The van der Waals surface area contributed by atoms with Gasteiger partial charge in [-0.15, -0.1) is 0 Å². The van der Waals surface area contributed by atoms with E-state index < -0.39 is 0 Å². The van der Waals surface area contributed by atoms with Gasteiger partial charge in [0.2, 0.25) is 5.95 Å². The van der Waals surface area contributed by atoms with Gasteiger partial charge in [0.15, 0.2) is 0 Å². The van der Waals surface area contributed by atoms with Crippen molar-refractivity contribution in [2.45, 2.75) is 0 Å². The zero-order valence-electron chi connectivity index (χ0n) is 15.1. The van der Waals surface area contributed by atoms with Gasteiger partial charge in [0.25, 0.3) is 5.56 Å². The smallest absolute Gasteiger partial charge is 0.266 e. The molecule has 0 aliphatic carbocycles. The maximum absolute atomic E-state index is 11.9. The predicted molar refractivity (Wildman–Crippen MR) is 106 cm³/mol. The first-order valence-electron chi connectivity index (χ1n) is 8.90. The number of rotatable bonds is 4. The molecule has 3 aromatic rings. The van der Waals surface area contributed by atoms with E-state index in [4.69, 9.17) is 0 Å². The molecule has 1 aromatic carbocycles. The second kappa shape index (κ2) is 7.45. The highest BCUT2D eigenvalue weighted by atomic mass is 16.1. The number of benzene rings is 1. The highest BCUT2D eigenvalue weighted by Gasteiger charge is 2.22. The van der Waals surface area contributed by atoms with Gasteiger partial charge >= 0.3 is 0 Å². The Hall–Kier alpha value is -3.42. The van der Waals surface area contributed by atoms with Crippen LogP contribution in [-0.2, 0) is 0 Å². The van der Waals surface area contributed by atoms with E-state index in [9.17, 15) is 4.79 Å². The topological polar surface area (TPSA) is 90.0 Å². The minimum absolute atomic E-state index is 0.197. The molecule has 0 saturated carbocycles. The summed E-state index contributed by atoms with van der Waals surface area (Å²) >= 11 is 0. The Morgan fingerprint density at radius 3 is 2.52 bits per heavy atom. The molecule has 0 spiro atoms. The molecule has 1 aliphatic rings. The molecule has 8 nitrogen and oxygen atoms in total. The van der Waals surface area contributed by atoms with Gasteiger partial charge in [0.05, 0.1) is 5.69 Å². The standard InChI is InChI=1S/C19H21N7O/c1-20-16-7-8-21-19(22-16)26-11-9-25(10-12-26)15-13-17(27)23-24-18(15)14-5-3-2-4-6-14/h2-8,13H,9-12H2,1H3,(H,23,27)(H,20,21,22). The number of aromatic nitrogens is 4. The average molecular weight is 363 g/mol. The fraction of sp³-hybridized carbons (Fsp3) is 0.263. The molecule has 27 heavy (non-hydrogen) atoms. The third-order valence-corrected chi connectivity index (χ3v) is 4.64. The van der Waals surface area contributed by atoms with E-state index in [-0.39, 0.29) is 5.56 Å². The van der Waals surface area contributed by atoms with Crippen LogP contribution < -0.4 is 20.7 Å². The Balaban J connectivity index is 1.56. The summed E-state index contributed by atoms with van der Waals surface area (Å²) in [4.78, 5) is 25.1. The fourth-order valence-electron chi connectivity index (χ4n) is 3.23. The lowest BCUT2D eigenvalue weighted by molar-refractivity contribution is 0.639. The summed E-state index contributed by atoms with van der Waals surface area (Å²) < 4.78 is 0. The largest absolute Gasteiger partial charge is 0.373 e. The predicted octanol–water partition coefficient (Wildman–Crippen LogP) is 1.60. The Morgan fingerprint density at radius 2 is 1.78 bits per heavy atom. The van der Waals surface area contributed by atoms with Gasteiger partial charge < -0.3 is 15.1 Å². The summed E-state index contributed by atoms with van der Waals surface area (Å²) in [5, 5.41) is 9.89. The molecule has 0 bridgehead atoms. The summed E-state index contributed by atoms with van der Waals surface area (Å²) in [7, 11) is 1.84. The number of anilines is 3. The quantitative estimate of drug-likeness (QED) is 0.727. The highest BCUT2D eigenvalue weighted by molar-refractivity contribution is 5.74. The summed E-state index contributed by atoms with van der Waals surface area (Å²) in [5.41, 5.74) is 2.43. The number of hydrogen-bond donors (Lipinski definition) is 2. The van der Waals surface area contributed by atoms with Crippen LogP contribution in [0.1, 0.15) is 0 Å². The summed E-state index contributed by atoms with van der Waals surface area (Å²) in [6.45, 7) is 3.07. The van der Waals surface area contributed by atoms with Crippen molar-refractivity contribution in [3.63, 3.8) is 0 Å². The van der Waals surface area contributed by atoms with Crippen molar-refractivity contribution in [2.75, 3.05) is 48.3 Å². The Bertz CT molecular complexity index is 965. The molecule has 0 radical (unpaired) electrons. The molecule has 4 rings (SSSR count). The van der Waals surface area contributed by atoms with Gasteiger partial charge in [0, 0.05) is 51.1 Å². The van der Waals surface area contributed by atoms with E-state index in [2.05, 4.69) is 35.3 Å². The number of aromatic amines is 1. The average Bonchev–Trinajstić information content (AvgIpc) is 2.74. The van der Waals surface area contributed by atoms with E-state index in [0.717, 1.165) is 48.9 Å². The van der Waals surface area contributed by atoms with Gasteiger partial charge in [-0.2, -0.15) is 10.1 Å². The molecule has 2 N–H and O–H groups in total. The molecule has 0 unspecified atom stereocenters. The first kappa shape index (κ1) is 17.0. The van der Waals surface area contributed by atoms with Gasteiger partial charge in [-0.1, -0.05) is 30.3 Å². The molecule has 1 saturated heterocycles. The first-order chi connectivity index (χ1) is 13.2. The number of nitrogens with one attached hydrogen (secondary N) is 2. The second-order valence-corrected chi connectivity index (χ2v) is 6.30. The van der Waals surface area contributed by atoms with Gasteiger partial charge in [-0.25, -0.2) is 10.1 Å². The molecular weight excluding hydrogens is 342 g/mol. The molecule has 0 atom stereocenters. The summed E-state index contributed by atoms with van der Waals surface area (Å²) in [6, 6.07) is 13.4. The maximum atomic E-state index is 11.9. The van der Waals surface area contributed by atoms with E-state index in [1.165, 1.54) is 0 Å². The normalized spacial score (nSPS) is 14.3. The van der Waals surface area contributed by atoms with Crippen LogP contribution in [0.2, 0.25) is 0 Å². The molecule has 8 heteroatoms. The van der Waals surface area contributed by atoms with Crippen LogP contribution in [0.15, 0.2) is 53.5 Å². The third-order valence-electron chi connectivity index (χ3n) is 4.64. The molecule has 2 aromatic heterocycles.